The van der Waals surface area contributed by atoms with Gasteiger partial charge in [0.1, 0.15) is 0 Å². The third-order valence-electron chi connectivity index (χ3n) is 0.906. The zero-order valence-corrected chi connectivity index (χ0v) is 7.61. The van der Waals surface area contributed by atoms with Gasteiger partial charge in [0.25, 0.3) is 5.19 Å². The molecule has 1 rings (SSSR count). The number of primary amides is 1. The number of nitrogens with two attached hydrogens (primary N) is 1. The SMILES string of the molecule is COc1nc(Cl)c(OC(N)=O)s1. The normalized spacial score (nSPS) is 9.50. The van der Waals surface area contributed by atoms with E-state index in [1.165, 1.54) is 7.11 Å². The van der Waals surface area contributed by atoms with Crippen molar-refractivity contribution in [1.82, 2.24) is 4.98 Å². The maximum absolute atomic E-state index is 10.3. The summed E-state index contributed by atoms with van der Waals surface area (Å²) in [6.07, 6.45) is -0.928. The van der Waals surface area contributed by atoms with Gasteiger partial charge in [-0.15, -0.1) is 0 Å². The minimum Gasteiger partial charge on any atom is -0.473 e. The Balaban J connectivity index is 2.84. The number of nitrogens with zero attached hydrogens (tertiary/aromatic N) is 1. The lowest BCUT2D eigenvalue weighted by Gasteiger charge is -1.92. The predicted octanol–water partition coefficient (Wildman–Crippen LogP) is 1.26. The average molecular weight is 209 g/mol. The second-order valence-corrected chi connectivity index (χ2v) is 2.97. The minimum absolute atomic E-state index is 0.0654. The fourth-order valence-electron chi connectivity index (χ4n) is 0.512. The Labute approximate surface area is 77.1 Å². The lowest BCUT2D eigenvalue weighted by atomic mass is 10.9. The fraction of sp³-hybridized carbons (Fsp3) is 0.200. The molecule has 1 amide bonds. The monoisotopic (exact) mass is 208 g/mol. The number of halogens is 1. The quantitative estimate of drug-likeness (QED) is 0.794. The van der Waals surface area contributed by atoms with Crippen LogP contribution in [0.2, 0.25) is 5.15 Å². The van der Waals surface area contributed by atoms with Crippen molar-refractivity contribution in [3.05, 3.63) is 5.15 Å². The van der Waals surface area contributed by atoms with E-state index in [1.807, 2.05) is 0 Å². The van der Waals surface area contributed by atoms with Crippen molar-refractivity contribution in [2.24, 2.45) is 5.73 Å². The summed E-state index contributed by atoms with van der Waals surface area (Å²) in [5.74, 6) is 0. The molecule has 0 bridgehead atoms. The van der Waals surface area contributed by atoms with Gasteiger partial charge in [0, 0.05) is 0 Å². The molecule has 0 saturated carbocycles. The van der Waals surface area contributed by atoms with E-state index >= 15 is 0 Å². The summed E-state index contributed by atoms with van der Waals surface area (Å²) in [5.41, 5.74) is 4.76. The van der Waals surface area contributed by atoms with Gasteiger partial charge in [-0.3, -0.25) is 0 Å². The molecule has 0 spiro atoms. The number of thiazole rings is 1. The number of methoxy groups -OCH3 is 1. The molecule has 2 N–H and O–H groups in total. The molecule has 0 aliphatic carbocycles. The van der Waals surface area contributed by atoms with Crippen LogP contribution in [0.5, 0.6) is 10.3 Å². The summed E-state index contributed by atoms with van der Waals surface area (Å²) in [4.78, 5) is 14.0. The molecular weight excluding hydrogens is 204 g/mol. The Morgan fingerprint density at radius 1 is 1.75 bits per heavy atom. The molecule has 0 aliphatic heterocycles. The molecule has 0 unspecified atom stereocenters. The van der Waals surface area contributed by atoms with E-state index < -0.39 is 6.09 Å². The second kappa shape index (κ2) is 3.59. The zero-order chi connectivity index (χ0) is 9.14. The Bertz CT molecular complexity index is 301. The fourth-order valence-corrected chi connectivity index (χ4v) is 1.43. The molecule has 5 nitrogen and oxygen atoms in total. The Hall–Kier alpha value is -1.01. The molecule has 0 saturated heterocycles. The summed E-state index contributed by atoms with van der Waals surface area (Å²) < 4.78 is 9.26. The lowest BCUT2D eigenvalue weighted by molar-refractivity contribution is 0.212. The van der Waals surface area contributed by atoms with Gasteiger partial charge in [0.2, 0.25) is 5.06 Å². The molecule has 1 aromatic heterocycles. The highest BCUT2D eigenvalue weighted by atomic mass is 35.5. The third-order valence-corrected chi connectivity index (χ3v) is 2.17. The molecule has 7 heteroatoms. The first-order valence-electron chi connectivity index (χ1n) is 2.81. The summed E-state index contributed by atoms with van der Waals surface area (Å²) >= 11 is 6.55. The number of rotatable bonds is 2. The standard InChI is InChI=1S/C5H5ClN2O3S/c1-10-5-8-2(6)3(12-5)11-4(7)9/h1H3,(H2,7,9). The van der Waals surface area contributed by atoms with Crippen LogP contribution in [0.15, 0.2) is 0 Å². The molecule has 0 radical (unpaired) electrons. The van der Waals surface area contributed by atoms with Crippen molar-refractivity contribution in [3.63, 3.8) is 0 Å². The van der Waals surface area contributed by atoms with Gasteiger partial charge in [-0.2, -0.15) is 4.98 Å². The first-order chi connectivity index (χ1) is 5.63. The van der Waals surface area contributed by atoms with Crippen molar-refractivity contribution in [1.29, 1.82) is 0 Å². The van der Waals surface area contributed by atoms with Crippen molar-refractivity contribution in [2.45, 2.75) is 0 Å². The average Bonchev–Trinajstić information content (AvgIpc) is 2.31. The summed E-state index contributed by atoms with van der Waals surface area (Å²) in [7, 11) is 1.43. The second-order valence-electron chi connectivity index (χ2n) is 1.68. The first kappa shape index (κ1) is 9.08. The van der Waals surface area contributed by atoms with Gasteiger partial charge in [-0.25, -0.2) is 4.79 Å². The summed E-state index contributed by atoms with van der Waals surface area (Å²) in [6.45, 7) is 0. The van der Waals surface area contributed by atoms with Crippen molar-refractivity contribution in [2.75, 3.05) is 7.11 Å². The molecule has 12 heavy (non-hydrogen) atoms. The summed E-state index contributed by atoms with van der Waals surface area (Å²) in [5, 5.41) is 0.521. The number of hydrogen-bond acceptors (Lipinski definition) is 5. The van der Waals surface area contributed by atoms with Gasteiger partial charge in [0.15, 0.2) is 5.15 Å². The lowest BCUT2D eigenvalue weighted by Crippen LogP contribution is -2.15. The highest BCUT2D eigenvalue weighted by Gasteiger charge is 2.12. The van der Waals surface area contributed by atoms with E-state index in [0.29, 0.717) is 5.19 Å². The van der Waals surface area contributed by atoms with Crippen LogP contribution in [0.1, 0.15) is 0 Å². The molecular formula is C5H5ClN2O3S. The van der Waals surface area contributed by atoms with E-state index in [1.54, 1.807) is 0 Å². The minimum atomic E-state index is -0.928. The molecule has 0 aliphatic rings. The molecule has 66 valence electrons. The number of hydrogen-bond donors (Lipinski definition) is 1. The van der Waals surface area contributed by atoms with Crippen LogP contribution in [0.4, 0.5) is 4.79 Å². The maximum Gasteiger partial charge on any atom is 0.410 e. The Kier molecular flexibility index (Phi) is 2.72. The van der Waals surface area contributed by atoms with E-state index in [4.69, 9.17) is 22.1 Å². The summed E-state index contributed by atoms with van der Waals surface area (Å²) in [6, 6.07) is 0. The van der Waals surface area contributed by atoms with Gasteiger partial charge in [-0.1, -0.05) is 11.6 Å². The van der Waals surface area contributed by atoms with Gasteiger partial charge in [0.05, 0.1) is 7.11 Å². The van der Waals surface area contributed by atoms with Crippen LogP contribution in [-0.2, 0) is 0 Å². The van der Waals surface area contributed by atoms with Gasteiger partial charge in [-0.05, 0) is 11.3 Å². The number of carbonyl (C=O) groups excluding carboxylic acids is 1. The topological polar surface area (TPSA) is 74.4 Å². The maximum atomic E-state index is 10.3. The molecule has 0 atom stereocenters. The predicted molar refractivity (Wildman–Crippen MR) is 43.9 cm³/mol. The van der Waals surface area contributed by atoms with E-state index in [2.05, 4.69) is 9.72 Å². The van der Waals surface area contributed by atoms with Crippen molar-refractivity contribution >= 4 is 29.0 Å². The third kappa shape index (κ3) is 1.99. The number of amides is 1. The molecule has 1 heterocycles. The van der Waals surface area contributed by atoms with Crippen LogP contribution < -0.4 is 15.2 Å². The molecule has 1 aromatic rings. The van der Waals surface area contributed by atoms with Crippen molar-refractivity contribution in [3.8, 4) is 10.3 Å². The number of aromatic nitrogens is 1. The van der Waals surface area contributed by atoms with Crippen LogP contribution in [0, 0.1) is 0 Å². The first-order valence-corrected chi connectivity index (χ1v) is 4.00. The molecule has 0 fully saturated rings. The smallest absolute Gasteiger partial charge is 0.410 e. The van der Waals surface area contributed by atoms with Crippen LogP contribution in [0.3, 0.4) is 0 Å². The van der Waals surface area contributed by atoms with Crippen LogP contribution >= 0.6 is 22.9 Å². The van der Waals surface area contributed by atoms with Crippen LogP contribution in [-0.4, -0.2) is 18.2 Å². The highest BCUT2D eigenvalue weighted by molar-refractivity contribution is 7.15. The van der Waals surface area contributed by atoms with E-state index in [9.17, 15) is 4.79 Å². The molecule has 0 aromatic carbocycles. The van der Waals surface area contributed by atoms with E-state index in [0.717, 1.165) is 11.3 Å². The van der Waals surface area contributed by atoms with Gasteiger partial charge < -0.3 is 15.2 Å². The van der Waals surface area contributed by atoms with Crippen molar-refractivity contribution < 1.29 is 14.3 Å². The highest BCUT2D eigenvalue weighted by Crippen LogP contribution is 2.35. The van der Waals surface area contributed by atoms with Crippen LogP contribution in [0.25, 0.3) is 0 Å². The van der Waals surface area contributed by atoms with E-state index in [-0.39, 0.29) is 10.2 Å². The number of carbonyl (C=O) groups is 1. The zero-order valence-electron chi connectivity index (χ0n) is 6.04. The number of ether oxygens (including phenoxy) is 2. The van der Waals surface area contributed by atoms with Gasteiger partial charge >= 0.3 is 6.09 Å². The Morgan fingerprint density at radius 3 is 2.83 bits per heavy atom. The Morgan fingerprint density at radius 2 is 2.42 bits per heavy atom. The largest absolute Gasteiger partial charge is 0.473 e.